The molecule has 4 rings (SSSR count). The third-order valence-electron chi connectivity index (χ3n) is 4.89. The van der Waals surface area contributed by atoms with Crippen LogP contribution in [-0.2, 0) is 11.3 Å². The molecule has 0 radical (unpaired) electrons. The van der Waals surface area contributed by atoms with Gasteiger partial charge < -0.3 is 0 Å². The van der Waals surface area contributed by atoms with Crippen molar-refractivity contribution < 1.29 is 27.6 Å². The van der Waals surface area contributed by atoms with Gasteiger partial charge in [-0.05, 0) is 11.6 Å². The molecular formula is C23H14F3NO3. The van der Waals surface area contributed by atoms with E-state index in [0.29, 0.717) is 10.5 Å². The second-order valence-corrected chi connectivity index (χ2v) is 6.78. The van der Waals surface area contributed by atoms with E-state index in [4.69, 9.17) is 0 Å². The molecule has 0 unspecified atom stereocenters. The maximum Gasteiger partial charge on any atom is 0.471 e. The predicted molar refractivity (Wildman–Crippen MR) is 103 cm³/mol. The summed E-state index contributed by atoms with van der Waals surface area (Å²) in [5.74, 6) is -3.18. The molecular weight excluding hydrogens is 395 g/mol. The fourth-order valence-electron chi connectivity index (χ4n) is 3.54. The van der Waals surface area contributed by atoms with Crippen molar-refractivity contribution in [3.63, 3.8) is 0 Å². The summed E-state index contributed by atoms with van der Waals surface area (Å²) in [6.07, 6.45) is -5.16. The number of hydrogen-bond acceptors (Lipinski definition) is 3. The number of alkyl halides is 3. The van der Waals surface area contributed by atoms with E-state index in [0.717, 1.165) is 0 Å². The molecule has 1 aliphatic rings. The molecule has 7 heteroatoms. The fourth-order valence-corrected chi connectivity index (χ4v) is 3.54. The number of ketones is 2. The van der Waals surface area contributed by atoms with Crippen LogP contribution in [0.25, 0.3) is 0 Å². The van der Waals surface area contributed by atoms with Crippen LogP contribution in [0.2, 0.25) is 0 Å². The first-order valence-electron chi connectivity index (χ1n) is 9.03. The van der Waals surface area contributed by atoms with Crippen molar-refractivity contribution in [3.05, 3.63) is 101 Å². The molecule has 3 aromatic rings. The monoisotopic (exact) mass is 409 g/mol. The van der Waals surface area contributed by atoms with Gasteiger partial charge in [-0.3, -0.25) is 19.3 Å². The number of amides is 1. The Morgan fingerprint density at radius 3 is 1.93 bits per heavy atom. The normalized spacial score (nSPS) is 12.9. The molecule has 0 saturated carbocycles. The SMILES string of the molecule is O=C1c2ccccc2C(=O)c2c1cccc2N(Cc1ccccc1)C(=O)C(F)(F)F. The molecule has 1 aliphatic carbocycles. The second-order valence-electron chi connectivity index (χ2n) is 6.78. The Bertz CT molecular complexity index is 1170. The van der Waals surface area contributed by atoms with Crippen LogP contribution in [0.4, 0.5) is 18.9 Å². The van der Waals surface area contributed by atoms with Crippen molar-refractivity contribution in [1.82, 2.24) is 0 Å². The first-order valence-corrected chi connectivity index (χ1v) is 9.03. The zero-order valence-corrected chi connectivity index (χ0v) is 15.4. The summed E-state index contributed by atoms with van der Waals surface area (Å²) < 4.78 is 40.2. The van der Waals surface area contributed by atoms with E-state index >= 15 is 0 Å². The molecule has 0 aliphatic heterocycles. The van der Waals surface area contributed by atoms with Gasteiger partial charge in [-0.15, -0.1) is 0 Å². The molecule has 0 aromatic heterocycles. The van der Waals surface area contributed by atoms with E-state index in [9.17, 15) is 27.6 Å². The molecule has 1 amide bonds. The number of nitrogens with zero attached hydrogens (tertiary/aromatic N) is 1. The highest BCUT2D eigenvalue weighted by atomic mass is 19.4. The summed E-state index contributed by atoms with van der Waals surface area (Å²) in [5.41, 5.74) is 0.263. The second kappa shape index (κ2) is 7.26. The zero-order chi connectivity index (χ0) is 21.5. The van der Waals surface area contributed by atoms with Gasteiger partial charge in [-0.1, -0.05) is 66.7 Å². The van der Waals surface area contributed by atoms with Gasteiger partial charge in [-0.2, -0.15) is 13.2 Å². The Morgan fingerprint density at radius 2 is 1.30 bits per heavy atom. The third-order valence-corrected chi connectivity index (χ3v) is 4.89. The highest BCUT2D eigenvalue weighted by Crippen LogP contribution is 2.36. The summed E-state index contributed by atoms with van der Waals surface area (Å²) in [7, 11) is 0. The molecule has 30 heavy (non-hydrogen) atoms. The van der Waals surface area contributed by atoms with Crippen molar-refractivity contribution in [1.29, 1.82) is 0 Å². The van der Waals surface area contributed by atoms with E-state index in [1.54, 1.807) is 42.5 Å². The lowest BCUT2D eigenvalue weighted by atomic mass is 9.83. The summed E-state index contributed by atoms with van der Waals surface area (Å²) in [6, 6.07) is 18.2. The van der Waals surface area contributed by atoms with Crippen LogP contribution in [0.1, 0.15) is 37.4 Å². The number of rotatable bonds is 3. The number of anilines is 1. The first kappa shape index (κ1) is 19.6. The van der Waals surface area contributed by atoms with Crippen LogP contribution in [-0.4, -0.2) is 23.6 Å². The van der Waals surface area contributed by atoms with Crippen molar-refractivity contribution >= 4 is 23.2 Å². The minimum Gasteiger partial charge on any atom is -0.299 e. The summed E-state index contributed by atoms with van der Waals surface area (Å²) in [6.45, 7) is -0.404. The Hall–Kier alpha value is -3.74. The Labute approximate surface area is 169 Å². The Balaban J connectivity index is 1.90. The first-order chi connectivity index (χ1) is 14.3. The summed E-state index contributed by atoms with van der Waals surface area (Å²) >= 11 is 0. The molecule has 0 fully saturated rings. The quantitative estimate of drug-likeness (QED) is 0.499. The molecule has 3 aromatic carbocycles. The average Bonchev–Trinajstić information content (AvgIpc) is 2.75. The van der Waals surface area contributed by atoms with Crippen molar-refractivity contribution in [2.75, 3.05) is 4.90 Å². The van der Waals surface area contributed by atoms with Gasteiger partial charge in [-0.25, -0.2) is 0 Å². The molecule has 0 heterocycles. The summed E-state index contributed by atoms with van der Waals surface area (Å²) in [4.78, 5) is 38.8. The molecule has 4 nitrogen and oxygen atoms in total. The standard InChI is InChI=1S/C23H14F3NO3/c24-23(25,26)22(30)27(13-14-7-2-1-3-8-14)18-12-6-11-17-19(18)21(29)16-10-5-4-9-15(16)20(17)28/h1-12H,13H2. The molecule has 0 atom stereocenters. The minimum atomic E-state index is -5.16. The average molecular weight is 409 g/mol. The van der Waals surface area contributed by atoms with Crippen LogP contribution in [0, 0.1) is 0 Å². The van der Waals surface area contributed by atoms with Gasteiger partial charge in [0.2, 0.25) is 0 Å². The van der Waals surface area contributed by atoms with E-state index in [1.165, 1.54) is 30.3 Å². The third kappa shape index (κ3) is 3.28. The number of hydrogen-bond donors (Lipinski definition) is 0. The molecule has 0 N–H and O–H groups in total. The maximum absolute atomic E-state index is 13.4. The highest BCUT2D eigenvalue weighted by molar-refractivity contribution is 6.30. The molecule has 0 bridgehead atoms. The number of fused-ring (bicyclic) bond motifs is 2. The lowest BCUT2D eigenvalue weighted by Crippen LogP contribution is -2.42. The van der Waals surface area contributed by atoms with Crippen LogP contribution in [0.3, 0.4) is 0 Å². The molecule has 0 saturated heterocycles. The smallest absolute Gasteiger partial charge is 0.299 e. The van der Waals surface area contributed by atoms with Gasteiger partial charge in [0.25, 0.3) is 0 Å². The Morgan fingerprint density at radius 1 is 0.733 bits per heavy atom. The lowest BCUT2D eigenvalue weighted by Gasteiger charge is -2.28. The van der Waals surface area contributed by atoms with Crippen LogP contribution in [0.5, 0.6) is 0 Å². The van der Waals surface area contributed by atoms with E-state index in [2.05, 4.69) is 0 Å². The Kier molecular flexibility index (Phi) is 4.73. The number of carbonyl (C=O) groups excluding carboxylic acids is 3. The maximum atomic E-state index is 13.4. The van der Waals surface area contributed by atoms with E-state index < -0.39 is 30.2 Å². The van der Waals surface area contributed by atoms with Crippen LogP contribution < -0.4 is 4.90 Å². The minimum absolute atomic E-state index is 0.0239. The number of halogens is 3. The fraction of sp³-hybridized carbons (Fsp3) is 0.0870. The topological polar surface area (TPSA) is 54.5 Å². The van der Waals surface area contributed by atoms with Gasteiger partial charge in [0.15, 0.2) is 11.6 Å². The molecule has 0 spiro atoms. The van der Waals surface area contributed by atoms with Crippen LogP contribution in [0.15, 0.2) is 72.8 Å². The van der Waals surface area contributed by atoms with Crippen molar-refractivity contribution in [2.45, 2.75) is 12.7 Å². The van der Waals surface area contributed by atoms with E-state index in [1.807, 2.05) is 0 Å². The van der Waals surface area contributed by atoms with Crippen molar-refractivity contribution in [3.8, 4) is 0 Å². The van der Waals surface area contributed by atoms with Gasteiger partial charge in [0.05, 0.1) is 17.8 Å². The summed E-state index contributed by atoms with van der Waals surface area (Å²) in [5, 5.41) is 0. The van der Waals surface area contributed by atoms with Gasteiger partial charge in [0.1, 0.15) is 0 Å². The predicted octanol–water partition coefficient (Wildman–Crippen LogP) is 4.56. The van der Waals surface area contributed by atoms with Crippen molar-refractivity contribution in [2.24, 2.45) is 0 Å². The number of benzene rings is 3. The van der Waals surface area contributed by atoms with Gasteiger partial charge >= 0.3 is 12.1 Å². The number of carbonyl (C=O) groups is 3. The van der Waals surface area contributed by atoms with Crippen LogP contribution >= 0.6 is 0 Å². The van der Waals surface area contributed by atoms with Gasteiger partial charge in [0, 0.05) is 16.7 Å². The lowest BCUT2D eigenvalue weighted by molar-refractivity contribution is -0.170. The zero-order valence-electron chi connectivity index (χ0n) is 15.4. The van der Waals surface area contributed by atoms with E-state index in [-0.39, 0.29) is 27.9 Å². The highest BCUT2D eigenvalue weighted by Gasteiger charge is 2.44. The molecule has 150 valence electrons. The largest absolute Gasteiger partial charge is 0.471 e.